The Morgan fingerprint density at radius 2 is 1.62 bits per heavy atom. The van der Waals surface area contributed by atoms with E-state index in [0.717, 1.165) is 5.56 Å². The standard InChI is InChI=1S/C8H12N2O.C2H6/c1-5-3-7(10)8(11-2)4-6(5)9;1-2/h3-4H,9-10H2,1-2H3;1-2H3. The van der Waals surface area contributed by atoms with Crippen molar-refractivity contribution in [3.05, 3.63) is 17.7 Å². The van der Waals surface area contributed by atoms with Crippen molar-refractivity contribution in [2.45, 2.75) is 20.8 Å². The summed E-state index contributed by atoms with van der Waals surface area (Å²) in [4.78, 5) is 0. The van der Waals surface area contributed by atoms with Crippen molar-refractivity contribution >= 4 is 11.4 Å². The number of hydrogen-bond donors (Lipinski definition) is 2. The van der Waals surface area contributed by atoms with Crippen molar-refractivity contribution in [3.63, 3.8) is 0 Å². The van der Waals surface area contributed by atoms with Gasteiger partial charge < -0.3 is 16.2 Å². The Balaban J connectivity index is 0.000000671. The third-order valence-corrected chi connectivity index (χ3v) is 1.62. The lowest BCUT2D eigenvalue weighted by Crippen LogP contribution is -1.96. The van der Waals surface area contributed by atoms with Crippen LogP contribution in [0.2, 0.25) is 0 Å². The molecule has 0 aliphatic carbocycles. The Morgan fingerprint density at radius 1 is 1.08 bits per heavy atom. The van der Waals surface area contributed by atoms with Crippen molar-refractivity contribution in [2.24, 2.45) is 0 Å². The number of anilines is 2. The molecule has 0 unspecified atom stereocenters. The van der Waals surface area contributed by atoms with Crippen LogP contribution in [0, 0.1) is 6.92 Å². The Labute approximate surface area is 79.7 Å². The number of rotatable bonds is 1. The van der Waals surface area contributed by atoms with Gasteiger partial charge in [0, 0.05) is 11.8 Å². The van der Waals surface area contributed by atoms with Gasteiger partial charge in [-0.25, -0.2) is 0 Å². The van der Waals surface area contributed by atoms with Gasteiger partial charge in [0.1, 0.15) is 5.75 Å². The molecule has 4 N–H and O–H groups in total. The molecule has 13 heavy (non-hydrogen) atoms. The summed E-state index contributed by atoms with van der Waals surface area (Å²) < 4.78 is 4.98. The highest BCUT2D eigenvalue weighted by molar-refractivity contribution is 5.63. The average Bonchev–Trinajstić information content (AvgIpc) is 2.15. The second-order valence-corrected chi connectivity index (χ2v) is 2.45. The molecule has 0 aliphatic heterocycles. The number of hydrogen-bond acceptors (Lipinski definition) is 3. The molecule has 0 heterocycles. The van der Waals surface area contributed by atoms with Crippen molar-refractivity contribution in [1.82, 2.24) is 0 Å². The van der Waals surface area contributed by atoms with Crippen LogP contribution >= 0.6 is 0 Å². The monoisotopic (exact) mass is 182 g/mol. The minimum Gasteiger partial charge on any atom is -0.495 e. The van der Waals surface area contributed by atoms with Crippen LogP contribution in [0.25, 0.3) is 0 Å². The smallest absolute Gasteiger partial charge is 0.143 e. The summed E-state index contributed by atoms with van der Waals surface area (Å²) in [6.45, 7) is 5.91. The molecular weight excluding hydrogens is 164 g/mol. The number of aryl methyl sites for hydroxylation is 1. The number of ether oxygens (including phenoxy) is 1. The van der Waals surface area contributed by atoms with Crippen molar-refractivity contribution in [1.29, 1.82) is 0 Å². The molecule has 3 nitrogen and oxygen atoms in total. The molecule has 0 fully saturated rings. The van der Waals surface area contributed by atoms with E-state index in [2.05, 4.69) is 0 Å². The molecule has 1 aromatic carbocycles. The van der Waals surface area contributed by atoms with E-state index >= 15 is 0 Å². The van der Waals surface area contributed by atoms with Crippen LogP contribution in [0.4, 0.5) is 11.4 Å². The molecule has 0 aromatic heterocycles. The van der Waals surface area contributed by atoms with E-state index in [1.54, 1.807) is 19.2 Å². The average molecular weight is 182 g/mol. The van der Waals surface area contributed by atoms with Crippen LogP contribution < -0.4 is 16.2 Å². The zero-order valence-corrected chi connectivity index (χ0v) is 8.72. The van der Waals surface area contributed by atoms with Gasteiger partial charge in [-0.05, 0) is 18.6 Å². The summed E-state index contributed by atoms with van der Waals surface area (Å²) >= 11 is 0. The molecule has 3 heteroatoms. The second kappa shape index (κ2) is 5.30. The Bertz CT molecular complexity index is 272. The maximum absolute atomic E-state index is 5.63. The van der Waals surface area contributed by atoms with Crippen LogP contribution in [0.3, 0.4) is 0 Å². The first-order chi connectivity index (χ1) is 6.15. The predicted molar refractivity (Wildman–Crippen MR) is 57.9 cm³/mol. The first kappa shape index (κ1) is 11.6. The molecule has 0 atom stereocenters. The zero-order valence-electron chi connectivity index (χ0n) is 8.72. The highest BCUT2D eigenvalue weighted by Crippen LogP contribution is 2.26. The van der Waals surface area contributed by atoms with E-state index in [9.17, 15) is 0 Å². The van der Waals surface area contributed by atoms with Gasteiger partial charge in [-0.1, -0.05) is 13.8 Å². The van der Waals surface area contributed by atoms with Crippen molar-refractivity contribution < 1.29 is 4.74 Å². The van der Waals surface area contributed by atoms with E-state index < -0.39 is 0 Å². The van der Waals surface area contributed by atoms with Crippen LogP contribution in [-0.4, -0.2) is 7.11 Å². The molecule has 1 aromatic rings. The highest BCUT2D eigenvalue weighted by atomic mass is 16.5. The van der Waals surface area contributed by atoms with Gasteiger partial charge in [0.25, 0.3) is 0 Å². The summed E-state index contributed by atoms with van der Waals surface area (Å²) in [6, 6.07) is 3.53. The predicted octanol–water partition coefficient (Wildman–Crippen LogP) is 2.19. The van der Waals surface area contributed by atoms with E-state index in [4.69, 9.17) is 16.2 Å². The van der Waals surface area contributed by atoms with Crippen LogP contribution in [0.15, 0.2) is 12.1 Å². The van der Waals surface area contributed by atoms with Gasteiger partial charge >= 0.3 is 0 Å². The summed E-state index contributed by atoms with van der Waals surface area (Å²) in [6.07, 6.45) is 0. The maximum Gasteiger partial charge on any atom is 0.143 e. The van der Waals surface area contributed by atoms with Gasteiger partial charge in [0.05, 0.1) is 12.8 Å². The molecule has 0 spiro atoms. The Hall–Kier alpha value is -1.38. The van der Waals surface area contributed by atoms with Crippen LogP contribution in [-0.2, 0) is 0 Å². The van der Waals surface area contributed by atoms with E-state index in [1.165, 1.54) is 0 Å². The quantitative estimate of drug-likeness (QED) is 0.654. The van der Waals surface area contributed by atoms with Gasteiger partial charge in [-0.15, -0.1) is 0 Å². The minimum atomic E-state index is 0.624. The lowest BCUT2D eigenvalue weighted by molar-refractivity contribution is 0.417. The lowest BCUT2D eigenvalue weighted by Gasteiger charge is -2.06. The number of benzene rings is 1. The van der Waals surface area contributed by atoms with Crippen LogP contribution in [0.5, 0.6) is 5.75 Å². The topological polar surface area (TPSA) is 61.3 Å². The molecule has 0 aliphatic rings. The summed E-state index contributed by atoms with van der Waals surface area (Å²) in [7, 11) is 1.57. The Kier molecular flexibility index (Phi) is 4.74. The van der Waals surface area contributed by atoms with E-state index in [-0.39, 0.29) is 0 Å². The number of nitrogens with two attached hydrogens (primary N) is 2. The molecule has 0 bridgehead atoms. The summed E-state index contributed by atoms with van der Waals surface area (Å²) in [5.74, 6) is 0.633. The van der Waals surface area contributed by atoms with E-state index in [1.807, 2.05) is 20.8 Å². The normalized spacial score (nSPS) is 8.62. The highest BCUT2D eigenvalue weighted by Gasteiger charge is 2.01. The third-order valence-electron chi connectivity index (χ3n) is 1.62. The fourth-order valence-electron chi connectivity index (χ4n) is 0.903. The molecular formula is C10H18N2O. The first-order valence-corrected chi connectivity index (χ1v) is 4.34. The Morgan fingerprint density at radius 3 is 2.08 bits per heavy atom. The summed E-state index contributed by atoms with van der Waals surface area (Å²) in [5, 5.41) is 0. The molecule has 0 amide bonds. The lowest BCUT2D eigenvalue weighted by atomic mass is 10.2. The maximum atomic E-state index is 5.63. The van der Waals surface area contributed by atoms with E-state index in [0.29, 0.717) is 17.1 Å². The molecule has 0 radical (unpaired) electrons. The zero-order chi connectivity index (χ0) is 10.4. The third kappa shape index (κ3) is 2.86. The molecule has 74 valence electrons. The van der Waals surface area contributed by atoms with Gasteiger partial charge in [0.2, 0.25) is 0 Å². The molecule has 0 saturated heterocycles. The molecule has 1 rings (SSSR count). The molecule has 0 saturated carbocycles. The van der Waals surface area contributed by atoms with Gasteiger partial charge in [-0.3, -0.25) is 0 Å². The SMILES string of the molecule is CC.COc1cc(N)c(C)cc1N. The van der Waals surface area contributed by atoms with Crippen LogP contribution in [0.1, 0.15) is 19.4 Å². The van der Waals surface area contributed by atoms with Gasteiger partial charge in [0.15, 0.2) is 0 Å². The minimum absolute atomic E-state index is 0.624. The van der Waals surface area contributed by atoms with Crippen molar-refractivity contribution in [2.75, 3.05) is 18.6 Å². The largest absolute Gasteiger partial charge is 0.495 e. The van der Waals surface area contributed by atoms with Gasteiger partial charge in [-0.2, -0.15) is 0 Å². The summed E-state index contributed by atoms with van der Waals surface area (Å²) in [5.41, 5.74) is 13.6. The fourth-order valence-corrected chi connectivity index (χ4v) is 0.903. The first-order valence-electron chi connectivity index (χ1n) is 4.34. The second-order valence-electron chi connectivity index (χ2n) is 2.45. The van der Waals surface area contributed by atoms with Crippen molar-refractivity contribution in [3.8, 4) is 5.75 Å². The number of nitrogen functional groups attached to an aromatic ring is 2. The number of methoxy groups -OCH3 is 1. The fraction of sp³-hybridized carbons (Fsp3) is 0.400.